The van der Waals surface area contributed by atoms with Gasteiger partial charge in [-0.15, -0.1) is 0 Å². The lowest BCUT2D eigenvalue weighted by Crippen LogP contribution is -2.33. The fourth-order valence-corrected chi connectivity index (χ4v) is 2.74. The third-order valence-electron chi connectivity index (χ3n) is 4.24. The lowest BCUT2D eigenvalue weighted by molar-refractivity contribution is -0.144. The third-order valence-corrected chi connectivity index (χ3v) is 4.24. The zero-order chi connectivity index (χ0) is 18.2. The van der Waals surface area contributed by atoms with Gasteiger partial charge >= 0.3 is 5.97 Å². The van der Waals surface area contributed by atoms with Gasteiger partial charge in [-0.25, -0.2) is 0 Å². The van der Waals surface area contributed by atoms with E-state index in [0.717, 1.165) is 25.9 Å². The SMILES string of the molecule is CC(C(=O)O)C(=O)Nc1cccc(NC(=O)CN2CCCCCC2)c1. The van der Waals surface area contributed by atoms with Gasteiger partial charge in [0.15, 0.2) is 0 Å². The molecule has 0 aromatic heterocycles. The van der Waals surface area contributed by atoms with E-state index in [9.17, 15) is 14.4 Å². The smallest absolute Gasteiger partial charge is 0.315 e. The van der Waals surface area contributed by atoms with E-state index in [-0.39, 0.29) is 5.91 Å². The van der Waals surface area contributed by atoms with E-state index in [1.54, 1.807) is 24.3 Å². The Bertz CT molecular complexity index is 625. The Kier molecular flexibility index (Phi) is 6.94. The average molecular weight is 347 g/mol. The molecule has 25 heavy (non-hydrogen) atoms. The summed E-state index contributed by atoms with van der Waals surface area (Å²) in [6, 6.07) is 6.70. The van der Waals surface area contributed by atoms with Crippen LogP contribution >= 0.6 is 0 Å². The molecule has 1 unspecified atom stereocenters. The van der Waals surface area contributed by atoms with Gasteiger partial charge in [0, 0.05) is 11.4 Å². The molecule has 3 N–H and O–H groups in total. The van der Waals surface area contributed by atoms with Gasteiger partial charge in [0.1, 0.15) is 5.92 Å². The minimum absolute atomic E-state index is 0.0933. The summed E-state index contributed by atoms with van der Waals surface area (Å²) in [6.45, 7) is 3.56. The van der Waals surface area contributed by atoms with E-state index in [4.69, 9.17) is 5.11 Å². The first-order valence-electron chi connectivity index (χ1n) is 8.61. The highest BCUT2D eigenvalue weighted by atomic mass is 16.4. The number of likely N-dealkylation sites (tertiary alicyclic amines) is 1. The molecule has 1 saturated heterocycles. The van der Waals surface area contributed by atoms with Gasteiger partial charge in [-0.3, -0.25) is 19.3 Å². The summed E-state index contributed by atoms with van der Waals surface area (Å²) >= 11 is 0. The molecule has 1 aromatic rings. The van der Waals surface area contributed by atoms with Crippen LogP contribution in [0.3, 0.4) is 0 Å². The van der Waals surface area contributed by atoms with E-state index < -0.39 is 17.8 Å². The molecule has 0 saturated carbocycles. The van der Waals surface area contributed by atoms with E-state index in [2.05, 4.69) is 15.5 Å². The van der Waals surface area contributed by atoms with Crippen LogP contribution in [0, 0.1) is 5.92 Å². The molecule has 7 heteroatoms. The molecular weight excluding hydrogens is 322 g/mol. The van der Waals surface area contributed by atoms with Gasteiger partial charge in [-0.1, -0.05) is 18.9 Å². The molecule has 1 fully saturated rings. The number of nitrogens with zero attached hydrogens (tertiary/aromatic N) is 1. The van der Waals surface area contributed by atoms with Gasteiger partial charge in [-0.05, 0) is 51.1 Å². The van der Waals surface area contributed by atoms with Crippen LogP contribution in [-0.2, 0) is 14.4 Å². The maximum atomic E-state index is 12.2. The van der Waals surface area contributed by atoms with Crippen LogP contribution < -0.4 is 10.6 Å². The number of carboxylic acid groups (broad SMARTS) is 1. The first-order chi connectivity index (χ1) is 12.0. The third kappa shape index (κ3) is 6.19. The van der Waals surface area contributed by atoms with Crippen LogP contribution in [0.15, 0.2) is 24.3 Å². The van der Waals surface area contributed by atoms with Crippen molar-refractivity contribution in [2.75, 3.05) is 30.3 Å². The Morgan fingerprint density at radius 1 is 1.08 bits per heavy atom. The van der Waals surface area contributed by atoms with Crippen molar-refractivity contribution in [2.45, 2.75) is 32.6 Å². The van der Waals surface area contributed by atoms with Crippen molar-refractivity contribution in [2.24, 2.45) is 5.92 Å². The van der Waals surface area contributed by atoms with Crippen LogP contribution in [0.4, 0.5) is 11.4 Å². The molecule has 1 aliphatic rings. The van der Waals surface area contributed by atoms with E-state index >= 15 is 0 Å². The number of carboxylic acids is 1. The topological polar surface area (TPSA) is 98.7 Å². The second-order valence-corrected chi connectivity index (χ2v) is 6.37. The van der Waals surface area contributed by atoms with Crippen molar-refractivity contribution in [1.82, 2.24) is 4.90 Å². The van der Waals surface area contributed by atoms with Crippen LogP contribution in [-0.4, -0.2) is 47.4 Å². The number of nitrogens with one attached hydrogen (secondary N) is 2. The van der Waals surface area contributed by atoms with Gasteiger partial charge in [0.25, 0.3) is 0 Å². The minimum Gasteiger partial charge on any atom is -0.481 e. The number of carbonyl (C=O) groups excluding carboxylic acids is 2. The lowest BCUT2D eigenvalue weighted by Gasteiger charge is -2.19. The van der Waals surface area contributed by atoms with Gasteiger partial charge in [0.2, 0.25) is 11.8 Å². The zero-order valence-corrected chi connectivity index (χ0v) is 14.5. The predicted molar refractivity (Wildman–Crippen MR) is 95.4 cm³/mol. The predicted octanol–water partition coefficient (Wildman–Crippen LogP) is 2.16. The molecule has 1 atom stereocenters. The maximum absolute atomic E-state index is 12.2. The maximum Gasteiger partial charge on any atom is 0.315 e. The number of amides is 2. The molecule has 2 rings (SSSR count). The number of aliphatic carboxylic acids is 1. The van der Waals surface area contributed by atoms with Crippen molar-refractivity contribution in [3.05, 3.63) is 24.3 Å². The number of anilines is 2. The molecule has 136 valence electrons. The number of hydrogen-bond acceptors (Lipinski definition) is 4. The Balaban J connectivity index is 1.90. The summed E-state index contributed by atoms with van der Waals surface area (Å²) in [4.78, 5) is 37.0. The van der Waals surface area contributed by atoms with Crippen molar-refractivity contribution in [3.8, 4) is 0 Å². The second-order valence-electron chi connectivity index (χ2n) is 6.37. The van der Waals surface area contributed by atoms with Crippen molar-refractivity contribution < 1.29 is 19.5 Å². The Hall–Kier alpha value is -2.41. The molecule has 1 heterocycles. The molecule has 0 radical (unpaired) electrons. The second kappa shape index (κ2) is 9.17. The van der Waals surface area contributed by atoms with Crippen LogP contribution in [0.25, 0.3) is 0 Å². The highest BCUT2D eigenvalue weighted by molar-refractivity contribution is 6.04. The Morgan fingerprint density at radius 2 is 1.68 bits per heavy atom. The highest BCUT2D eigenvalue weighted by Crippen LogP contribution is 2.16. The van der Waals surface area contributed by atoms with Crippen LogP contribution in [0.2, 0.25) is 0 Å². The number of benzene rings is 1. The molecular formula is C18H25N3O4. The minimum atomic E-state index is -1.18. The van der Waals surface area contributed by atoms with Gasteiger partial charge in [0.05, 0.1) is 6.54 Å². The molecule has 2 amide bonds. The molecule has 7 nitrogen and oxygen atoms in total. The fourth-order valence-electron chi connectivity index (χ4n) is 2.74. The summed E-state index contributed by atoms with van der Waals surface area (Å²) in [5.74, 6) is -3.01. The highest BCUT2D eigenvalue weighted by Gasteiger charge is 2.20. The van der Waals surface area contributed by atoms with Crippen LogP contribution in [0.1, 0.15) is 32.6 Å². The molecule has 1 aliphatic heterocycles. The normalized spacial score (nSPS) is 16.5. The Labute approximate surface area is 147 Å². The van der Waals surface area contributed by atoms with Crippen molar-refractivity contribution >= 4 is 29.2 Å². The average Bonchev–Trinajstić information content (AvgIpc) is 2.82. The molecule has 0 spiro atoms. The number of rotatable bonds is 6. The summed E-state index contributed by atoms with van der Waals surface area (Å²) in [7, 11) is 0. The first kappa shape index (κ1) is 18.9. The van der Waals surface area contributed by atoms with Gasteiger partial charge in [-0.2, -0.15) is 0 Å². The lowest BCUT2D eigenvalue weighted by atomic mass is 10.1. The van der Waals surface area contributed by atoms with Crippen molar-refractivity contribution in [1.29, 1.82) is 0 Å². The van der Waals surface area contributed by atoms with E-state index in [0.29, 0.717) is 17.9 Å². The number of carbonyl (C=O) groups is 3. The van der Waals surface area contributed by atoms with E-state index in [1.807, 2.05) is 0 Å². The summed E-state index contributed by atoms with van der Waals surface area (Å²) in [6.07, 6.45) is 4.68. The molecule has 1 aromatic carbocycles. The van der Waals surface area contributed by atoms with Crippen molar-refractivity contribution in [3.63, 3.8) is 0 Å². The zero-order valence-electron chi connectivity index (χ0n) is 14.5. The largest absolute Gasteiger partial charge is 0.481 e. The van der Waals surface area contributed by atoms with Crippen LogP contribution in [0.5, 0.6) is 0 Å². The molecule has 0 aliphatic carbocycles. The van der Waals surface area contributed by atoms with Gasteiger partial charge < -0.3 is 15.7 Å². The van der Waals surface area contributed by atoms with E-state index in [1.165, 1.54) is 19.8 Å². The first-order valence-corrected chi connectivity index (χ1v) is 8.61. The quantitative estimate of drug-likeness (QED) is 0.685. The monoisotopic (exact) mass is 347 g/mol. The molecule has 0 bridgehead atoms. The Morgan fingerprint density at radius 3 is 2.28 bits per heavy atom. The summed E-state index contributed by atoms with van der Waals surface area (Å²) in [5.41, 5.74) is 1.02. The summed E-state index contributed by atoms with van der Waals surface area (Å²) in [5, 5.41) is 14.2. The standard InChI is InChI=1S/C18H25N3O4/c1-13(18(24)25)17(23)20-15-8-6-7-14(11-15)19-16(22)12-21-9-4-2-3-5-10-21/h6-8,11,13H,2-5,9-10,12H2,1H3,(H,19,22)(H,20,23)(H,24,25). The summed E-state index contributed by atoms with van der Waals surface area (Å²) < 4.78 is 0. The number of hydrogen-bond donors (Lipinski definition) is 3. The fraction of sp³-hybridized carbons (Fsp3) is 0.500.